The van der Waals surface area contributed by atoms with Crippen molar-refractivity contribution in [2.45, 2.75) is 65.3 Å². The van der Waals surface area contributed by atoms with Gasteiger partial charge in [0.1, 0.15) is 29.7 Å². The summed E-state index contributed by atoms with van der Waals surface area (Å²) >= 11 is 0. The predicted octanol–water partition coefficient (Wildman–Crippen LogP) is 6.66. The first-order valence-corrected chi connectivity index (χ1v) is 16.6. The first kappa shape index (κ1) is 33.4. The first-order valence-electron chi connectivity index (χ1n) is 16.6. The van der Waals surface area contributed by atoms with E-state index in [1.807, 2.05) is 50.2 Å². The van der Waals surface area contributed by atoms with Crippen molar-refractivity contribution in [1.29, 1.82) is 0 Å². The van der Waals surface area contributed by atoms with Crippen molar-refractivity contribution in [3.63, 3.8) is 0 Å². The molecule has 0 unspecified atom stereocenters. The van der Waals surface area contributed by atoms with Crippen LogP contribution in [0.25, 0.3) is 45.1 Å². The number of halogens is 2. The number of hydrogen-bond donors (Lipinski definition) is 2. The number of ether oxygens (including phenoxy) is 2. The first-order chi connectivity index (χ1) is 24.1. The lowest BCUT2D eigenvalue weighted by Gasteiger charge is -2.24. The molecule has 7 rings (SSSR count). The van der Waals surface area contributed by atoms with Gasteiger partial charge in [-0.1, -0.05) is 24.3 Å². The lowest BCUT2D eigenvalue weighted by atomic mass is 9.91. The van der Waals surface area contributed by atoms with Crippen molar-refractivity contribution in [2.24, 2.45) is 0 Å². The van der Waals surface area contributed by atoms with Gasteiger partial charge in [0.05, 0.1) is 12.1 Å². The third-order valence-corrected chi connectivity index (χ3v) is 9.37. The summed E-state index contributed by atoms with van der Waals surface area (Å²) in [6.07, 6.45) is 2.26. The second-order valence-corrected chi connectivity index (χ2v) is 12.6. The van der Waals surface area contributed by atoms with E-state index in [-0.39, 0.29) is 29.9 Å². The van der Waals surface area contributed by atoms with Gasteiger partial charge in [0.15, 0.2) is 5.58 Å². The van der Waals surface area contributed by atoms with Gasteiger partial charge in [-0.2, -0.15) is 8.78 Å². The quantitative estimate of drug-likeness (QED) is 0.144. The summed E-state index contributed by atoms with van der Waals surface area (Å²) in [6, 6.07) is 14.2. The summed E-state index contributed by atoms with van der Waals surface area (Å²) in [5.41, 5.74) is 7.06. The van der Waals surface area contributed by atoms with Crippen molar-refractivity contribution >= 4 is 23.0 Å². The third kappa shape index (κ3) is 6.83. The molecule has 0 aliphatic carbocycles. The molecule has 0 amide bonds. The maximum absolute atomic E-state index is 13.4. The Morgan fingerprint density at radius 3 is 2.38 bits per heavy atom. The Morgan fingerprint density at radius 1 is 1.02 bits per heavy atom. The molecule has 0 spiro atoms. The molecule has 11 nitrogen and oxygen atoms in total. The molecule has 5 aromatic rings. The number of benzene rings is 3. The second-order valence-electron chi connectivity index (χ2n) is 12.6. The van der Waals surface area contributed by atoms with Crippen molar-refractivity contribution in [1.82, 2.24) is 20.2 Å². The molecule has 50 heavy (non-hydrogen) atoms. The number of carboxylic acid groups (broad SMARTS) is 1. The minimum Gasteiger partial charge on any atom is -0.481 e. The summed E-state index contributed by atoms with van der Waals surface area (Å²) in [6.45, 7) is 3.08. The average molecular weight is 687 g/mol. The fourth-order valence-corrected chi connectivity index (χ4v) is 6.70. The zero-order chi connectivity index (χ0) is 34.9. The largest absolute Gasteiger partial charge is 0.481 e. The van der Waals surface area contributed by atoms with E-state index < -0.39 is 24.6 Å². The van der Waals surface area contributed by atoms with E-state index in [9.17, 15) is 18.4 Å². The normalized spacial score (nSPS) is 16.2. The van der Waals surface area contributed by atoms with E-state index in [2.05, 4.69) is 10.2 Å². The molecule has 2 aliphatic heterocycles. The second kappa shape index (κ2) is 14.0. The molecule has 0 bridgehead atoms. The number of carbonyl (C=O) groups excluding carboxylic acids is 1. The van der Waals surface area contributed by atoms with Gasteiger partial charge < -0.3 is 28.7 Å². The van der Waals surface area contributed by atoms with Gasteiger partial charge in [-0.3, -0.25) is 14.5 Å². The molecular weight excluding hydrogens is 650 g/mol. The molecule has 1 saturated heterocycles. The van der Waals surface area contributed by atoms with Gasteiger partial charge in [-0.15, -0.1) is 0 Å². The van der Waals surface area contributed by atoms with E-state index in [0.29, 0.717) is 55.3 Å². The van der Waals surface area contributed by atoms with Crippen LogP contribution in [0.1, 0.15) is 47.4 Å². The van der Waals surface area contributed by atoms with Crippen LogP contribution < -0.4 is 10.1 Å². The summed E-state index contributed by atoms with van der Waals surface area (Å²) < 4.78 is 49.3. The summed E-state index contributed by atoms with van der Waals surface area (Å²) in [5.74, 6) is 0.217. The summed E-state index contributed by atoms with van der Waals surface area (Å²) in [7, 11) is 0. The number of esters is 1. The Kier molecular flexibility index (Phi) is 9.34. The molecule has 2 N–H and O–H groups in total. The van der Waals surface area contributed by atoms with Crippen molar-refractivity contribution in [3.8, 4) is 39.8 Å². The number of aliphatic carboxylic acids is 1. The lowest BCUT2D eigenvalue weighted by molar-refractivity contribution is -0.147. The Balaban J connectivity index is 1.17. The molecule has 0 saturated carbocycles. The molecule has 3 aromatic carbocycles. The minimum atomic E-state index is -3.08. The van der Waals surface area contributed by atoms with E-state index in [1.54, 1.807) is 6.07 Å². The van der Waals surface area contributed by atoms with Gasteiger partial charge in [0, 0.05) is 48.8 Å². The Bertz CT molecular complexity index is 2070. The zero-order valence-corrected chi connectivity index (χ0v) is 27.6. The maximum atomic E-state index is 13.4. The summed E-state index contributed by atoms with van der Waals surface area (Å²) in [5, 5.41) is 12.1. The maximum Gasteiger partial charge on any atom is 0.387 e. The number of hydrogen-bond acceptors (Lipinski definition) is 10. The zero-order valence-electron chi connectivity index (χ0n) is 27.6. The smallest absolute Gasteiger partial charge is 0.387 e. The number of nitrogens with one attached hydrogen (secondary N) is 1. The highest BCUT2D eigenvalue weighted by Crippen LogP contribution is 2.39. The molecule has 1 fully saturated rings. The van der Waals surface area contributed by atoms with E-state index in [1.165, 1.54) is 6.07 Å². The number of alkyl halides is 2. The van der Waals surface area contributed by atoms with Crippen molar-refractivity contribution < 1.29 is 41.8 Å². The molecule has 260 valence electrons. The van der Waals surface area contributed by atoms with Crippen molar-refractivity contribution in [3.05, 3.63) is 76.7 Å². The van der Waals surface area contributed by atoms with E-state index in [4.69, 9.17) is 33.4 Å². The molecular formula is C37H36F2N4O7. The fourth-order valence-electron chi connectivity index (χ4n) is 6.70. The molecule has 2 aromatic heterocycles. The SMILES string of the molecule is Cc1c(-c2nc3c(o2)CCN(CCC(=O)O)C3)cccc1-c1cccc(-c2nc3cc(COC(=O)[C@@H]4CCCN4)c(OC(F)F)cc3o2)c1C. The molecule has 13 heteroatoms. The minimum absolute atomic E-state index is 0.0773. The highest BCUT2D eigenvalue weighted by Gasteiger charge is 2.26. The van der Waals surface area contributed by atoms with Crippen LogP contribution in [0.4, 0.5) is 8.78 Å². The third-order valence-electron chi connectivity index (χ3n) is 9.37. The highest BCUT2D eigenvalue weighted by atomic mass is 19.3. The van der Waals surface area contributed by atoms with Gasteiger partial charge >= 0.3 is 18.6 Å². The molecule has 2 aliphatic rings. The number of carbonyl (C=O) groups is 2. The van der Waals surface area contributed by atoms with Gasteiger partial charge in [-0.05, 0) is 73.7 Å². The van der Waals surface area contributed by atoms with Gasteiger partial charge in [0.2, 0.25) is 11.8 Å². The Hall–Kier alpha value is -5.14. The molecule has 0 radical (unpaired) electrons. The molecule has 4 heterocycles. The number of fused-ring (bicyclic) bond motifs is 2. The number of aromatic nitrogens is 2. The number of carboxylic acids is 1. The Morgan fingerprint density at radius 2 is 1.72 bits per heavy atom. The number of rotatable bonds is 11. The van der Waals surface area contributed by atoms with Crippen molar-refractivity contribution in [2.75, 3.05) is 19.6 Å². The van der Waals surface area contributed by atoms with E-state index >= 15 is 0 Å². The van der Waals surface area contributed by atoms with Crippen LogP contribution in [0.3, 0.4) is 0 Å². The summed E-state index contributed by atoms with van der Waals surface area (Å²) in [4.78, 5) is 35.1. The van der Waals surface area contributed by atoms with Crippen LogP contribution in [0.15, 0.2) is 57.4 Å². The number of oxazole rings is 2. The fraction of sp³-hybridized carbons (Fsp3) is 0.351. The van der Waals surface area contributed by atoms with Gasteiger partial charge in [-0.25, -0.2) is 9.97 Å². The monoisotopic (exact) mass is 686 g/mol. The standard InChI is InChI=1S/C37H36F2N4O7/c1-20-23(24-7-4-9-26(21(24)2)35-42-29-18-43(15-12-33(44)45)14-11-30(29)48-35)6-3-8-25(20)34-41-28-16-22(19-47-36(46)27-10-5-13-40-27)31(50-37(38)39)17-32(28)49-34/h3-4,6-9,16-17,27,37,40H,5,10-15,18-19H2,1-2H3,(H,44,45)/t27-/m0/s1. The molecule has 1 atom stereocenters. The lowest BCUT2D eigenvalue weighted by Crippen LogP contribution is -2.32. The van der Waals surface area contributed by atoms with Crippen LogP contribution in [0.2, 0.25) is 0 Å². The van der Waals surface area contributed by atoms with Crippen LogP contribution in [0, 0.1) is 13.8 Å². The van der Waals surface area contributed by atoms with E-state index in [0.717, 1.165) is 52.2 Å². The van der Waals surface area contributed by atoms with Gasteiger partial charge in [0.25, 0.3) is 0 Å². The van der Waals surface area contributed by atoms with Crippen LogP contribution in [0.5, 0.6) is 5.75 Å². The van der Waals surface area contributed by atoms with Crippen LogP contribution >= 0.6 is 0 Å². The topological polar surface area (TPSA) is 140 Å². The Labute approximate surface area is 286 Å². The highest BCUT2D eigenvalue weighted by molar-refractivity contribution is 5.84. The van der Waals surface area contributed by atoms with Crippen LogP contribution in [-0.4, -0.2) is 64.2 Å². The number of nitrogens with zero attached hydrogens (tertiary/aromatic N) is 3. The average Bonchev–Trinajstić information content (AvgIpc) is 3.86. The van der Waals surface area contributed by atoms with Crippen LogP contribution in [-0.2, 0) is 33.9 Å². The predicted molar refractivity (Wildman–Crippen MR) is 179 cm³/mol.